The van der Waals surface area contributed by atoms with Crippen molar-refractivity contribution in [1.29, 1.82) is 0 Å². The predicted molar refractivity (Wildman–Crippen MR) is 93.1 cm³/mol. The van der Waals surface area contributed by atoms with Gasteiger partial charge in [-0.2, -0.15) is 0 Å². The first-order valence-corrected chi connectivity index (χ1v) is 9.23. The molecule has 0 aromatic carbocycles. The zero-order valence-corrected chi connectivity index (χ0v) is 16.2. The molecule has 3 saturated heterocycles. The second-order valence-electron chi connectivity index (χ2n) is 8.96. The summed E-state index contributed by atoms with van der Waals surface area (Å²) < 4.78 is 33.1. The first kappa shape index (κ1) is 18.6. The Balaban J connectivity index is 1.42. The number of ether oxygens (including phenoxy) is 6. The molecule has 0 radical (unpaired) electrons. The van der Waals surface area contributed by atoms with E-state index >= 15 is 0 Å². The van der Waals surface area contributed by atoms with Gasteiger partial charge in [-0.05, 0) is 0 Å². The average Bonchev–Trinajstić information content (AvgIpc) is 2.58. The largest absolute Gasteiger partial charge is 0.462 e. The summed E-state index contributed by atoms with van der Waals surface area (Å²) in [7, 11) is 0. The van der Waals surface area contributed by atoms with E-state index in [1.165, 1.54) is 0 Å². The molecule has 0 atom stereocenters. The van der Waals surface area contributed by atoms with Crippen molar-refractivity contribution in [3.05, 3.63) is 0 Å². The number of aromatic nitrogens is 3. The van der Waals surface area contributed by atoms with Crippen molar-refractivity contribution in [2.24, 2.45) is 16.2 Å². The first-order chi connectivity index (χ1) is 12.9. The maximum Gasteiger partial charge on any atom is 0.325 e. The maximum absolute atomic E-state index is 5.79. The normalized spacial score (nSPS) is 24.1. The lowest BCUT2D eigenvalue weighted by molar-refractivity contribution is -0.124. The van der Waals surface area contributed by atoms with Gasteiger partial charge in [0.15, 0.2) is 0 Å². The van der Waals surface area contributed by atoms with Crippen LogP contribution in [0.3, 0.4) is 0 Å². The molecule has 9 heteroatoms. The van der Waals surface area contributed by atoms with Gasteiger partial charge in [-0.1, -0.05) is 20.8 Å². The van der Waals surface area contributed by atoms with Crippen LogP contribution in [0.15, 0.2) is 0 Å². The average molecular weight is 381 g/mol. The highest BCUT2D eigenvalue weighted by Gasteiger charge is 2.37. The molecular weight excluding hydrogens is 354 g/mol. The van der Waals surface area contributed by atoms with E-state index in [0.29, 0.717) is 59.5 Å². The topological polar surface area (TPSA) is 94.1 Å². The highest BCUT2D eigenvalue weighted by atomic mass is 16.6. The summed E-state index contributed by atoms with van der Waals surface area (Å²) in [6.45, 7) is 11.7. The zero-order chi connectivity index (χ0) is 19.0. The van der Waals surface area contributed by atoms with E-state index in [-0.39, 0.29) is 34.3 Å². The quantitative estimate of drug-likeness (QED) is 0.623. The summed E-state index contributed by atoms with van der Waals surface area (Å²) in [6, 6.07) is 0.606. The van der Waals surface area contributed by atoms with Gasteiger partial charge in [-0.25, -0.2) is 0 Å². The first-order valence-electron chi connectivity index (χ1n) is 9.23. The van der Waals surface area contributed by atoms with Crippen molar-refractivity contribution in [2.75, 3.05) is 59.5 Å². The van der Waals surface area contributed by atoms with E-state index in [9.17, 15) is 0 Å². The van der Waals surface area contributed by atoms with E-state index in [0.717, 1.165) is 0 Å². The van der Waals surface area contributed by atoms with E-state index < -0.39 is 0 Å². The second-order valence-corrected chi connectivity index (χ2v) is 8.96. The molecule has 0 bridgehead atoms. The molecule has 1 aromatic heterocycles. The van der Waals surface area contributed by atoms with E-state index in [1.54, 1.807) is 0 Å². The number of hydrogen-bond acceptors (Lipinski definition) is 9. The molecular formula is C18H27N3O6. The molecule has 0 amide bonds. The zero-order valence-electron chi connectivity index (χ0n) is 16.2. The van der Waals surface area contributed by atoms with Crippen molar-refractivity contribution in [3.8, 4) is 18.0 Å². The van der Waals surface area contributed by atoms with Gasteiger partial charge in [-0.15, -0.1) is 15.0 Å². The number of rotatable bonds is 9. The summed E-state index contributed by atoms with van der Waals surface area (Å²) in [6.07, 6.45) is 0. The van der Waals surface area contributed by atoms with Gasteiger partial charge in [0.25, 0.3) is 0 Å². The van der Waals surface area contributed by atoms with Crippen LogP contribution >= 0.6 is 0 Å². The Morgan fingerprint density at radius 2 is 0.852 bits per heavy atom. The minimum atomic E-state index is -0.0117. The van der Waals surface area contributed by atoms with Gasteiger partial charge in [0.05, 0.1) is 39.6 Å². The Kier molecular flexibility index (Phi) is 4.85. The highest BCUT2D eigenvalue weighted by molar-refractivity contribution is 5.10. The van der Waals surface area contributed by atoms with Crippen LogP contribution in [0.4, 0.5) is 0 Å². The summed E-state index contributed by atoms with van der Waals surface area (Å²) in [5.74, 6) is 0. The minimum absolute atomic E-state index is 0.0117. The van der Waals surface area contributed by atoms with Crippen LogP contribution in [-0.2, 0) is 14.2 Å². The lowest BCUT2D eigenvalue weighted by atomic mass is 9.90. The van der Waals surface area contributed by atoms with Gasteiger partial charge in [-0.3, -0.25) is 0 Å². The Hall–Kier alpha value is -1.71. The van der Waals surface area contributed by atoms with Crippen LogP contribution in [0.25, 0.3) is 0 Å². The van der Waals surface area contributed by atoms with Crippen molar-refractivity contribution < 1.29 is 28.4 Å². The molecule has 9 nitrogen and oxygen atoms in total. The molecule has 0 spiro atoms. The van der Waals surface area contributed by atoms with Crippen LogP contribution in [0.5, 0.6) is 18.0 Å². The van der Waals surface area contributed by atoms with Gasteiger partial charge in [0, 0.05) is 16.2 Å². The van der Waals surface area contributed by atoms with Crippen molar-refractivity contribution in [1.82, 2.24) is 15.0 Å². The van der Waals surface area contributed by atoms with Gasteiger partial charge >= 0.3 is 18.0 Å². The predicted octanol–water partition coefficient (Wildman–Crippen LogP) is 1.12. The molecule has 3 aliphatic heterocycles. The number of hydrogen-bond donors (Lipinski definition) is 0. The smallest absolute Gasteiger partial charge is 0.325 e. The molecule has 0 saturated carbocycles. The molecule has 4 heterocycles. The van der Waals surface area contributed by atoms with Crippen molar-refractivity contribution in [3.63, 3.8) is 0 Å². The van der Waals surface area contributed by atoms with Crippen LogP contribution in [0.2, 0.25) is 0 Å². The minimum Gasteiger partial charge on any atom is -0.462 e. The Morgan fingerprint density at radius 3 is 1.04 bits per heavy atom. The highest BCUT2D eigenvalue weighted by Crippen LogP contribution is 2.30. The van der Waals surface area contributed by atoms with Crippen LogP contribution < -0.4 is 14.2 Å². The monoisotopic (exact) mass is 381 g/mol. The SMILES string of the molecule is CC1(COc2nc(OCC3(C)COC3)nc(OCC3(C)COC3)n2)COC1. The lowest BCUT2D eigenvalue weighted by Crippen LogP contribution is -2.45. The fraction of sp³-hybridized carbons (Fsp3) is 0.833. The lowest BCUT2D eigenvalue weighted by Gasteiger charge is -2.37. The van der Waals surface area contributed by atoms with E-state index in [4.69, 9.17) is 28.4 Å². The summed E-state index contributed by atoms with van der Waals surface area (Å²) in [4.78, 5) is 12.8. The molecule has 0 N–H and O–H groups in total. The standard InChI is InChI=1S/C18H27N3O6/c1-16(4-22-5-16)10-25-13-19-14(26-11-17(2)6-23-7-17)21-15(20-13)27-12-18(3)8-24-9-18/h4-12H2,1-3H3. The van der Waals surface area contributed by atoms with Crippen LogP contribution in [0, 0.1) is 16.2 Å². The third kappa shape index (κ3) is 4.41. The Bertz CT molecular complexity index is 570. The van der Waals surface area contributed by atoms with E-state index in [2.05, 4.69) is 35.7 Å². The van der Waals surface area contributed by atoms with Crippen LogP contribution in [0.1, 0.15) is 20.8 Å². The summed E-state index contributed by atoms with van der Waals surface area (Å²) >= 11 is 0. The van der Waals surface area contributed by atoms with Crippen LogP contribution in [-0.4, -0.2) is 74.4 Å². The van der Waals surface area contributed by atoms with Gasteiger partial charge in [0.2, 0.25) is 0 Å². The fourth-order valence-corrected chi connectivity index (χ4v) is 2.83. The van der Waals surface area contributed by atoms with Gasteiger partial charge in [0.1, 0.15) is 19.8 Å². The van der Waals surface area contributed by atoms with Gasteiger partial charge < -0.3 is 28.4 Å². The summed E-state index contributed by atoms with van der Waals surface area (Å²) in [5.41, 5.74) is -0.0352. The number of nitrogens with zero attached hydrogens (tertiary/aromatic N) is 3. The van der Waals surface area contributed by atoms with Crippen molar-refractivity contribution >= 4 is 0 Å². The molecule has 0 aliphatic carbocycles. The molecule has 27 heavy (non-hydrogen) atoms. The molecule has 3 fully saturated rings. The Labute approximate surface area is 158 Å². The summed E-state index contributed by atoms with van der Waals surface area (Å²) in [5, 5.41) is 0. The Morgan fingerprint density at radius 1 is 0.593 bits per heavy atom. The second kappa shape index (κ2) is 7.03. The molecule has 1 aromatic rings. The maximum atomic E-state index is 5.79. The molecule has 150 valence electrons. The fourth-order valence-electron chi connectivity index (χ4n) is 2.83. The third-order valence-corrected chi connectivity index (χ3v) is 4.93. The van der Waals surface area contributed by atoms with Crippen molar-refractivity contribution in [2.45, 2.75) is 20.8 Å². The molecule has 0 unspecified atom stereocenters. The van der Waals surface area contributed by atoms with E-state index in [1.807, 2.05) is 0 Å². The third-order valence-electron chi connectivity index (χ3n) is 4.93. The molecule has 4 rings (SSSR count). The molecule has 3 aliphatic rings.